The molecule has 1 aliphatic rings. The third kappa shape index (κ3) is 5.03. The number of hydrogen-bond acceptors (Lipinski definition) is 5. The molecule has 37 heavy (non-hydrogen) atoms. The van der Waals surface area contributed by atoms with Crippen molar-refractivity contribution in [2.24, 2.45) is 5.92 Å². The minimum atomic E-state index is -0.431. The third-order valence-corrected chi connectivity index (χ3v) is 7.48. The number of nitrogens with zero attached hydrogens (tertiary/aromatic N) is 2. The Hall–Kier alpha value is -3.88. The number of fused-ring (bicyclic) bond motifs is 1. The Balaban J connectivity index is 1.60. The number of pyridine rings is 1. The monoisotopic (exact) mass is 506 g/mol. The fraction of sp³-hybridized carbons (Fsp3) is 0.429. The van der Waals surface area contributed by atoms with Crippen molar-refractivity contribution >= 4 is 28.5 Å². The number of nitrogens with one attached hydrogen (secondary N) is 2. The molecule has 0 radical (unpaired) electrons. The molecule has 0 spiro atoms. The molecular formula is C28H34N4O5. The van der Waals surface area contributed by atoms with Gasteiger partial charge >= 0.3 is 0 Å². The van der Waals surface area contributed by atoms with Gasteiger partial charge in [-0.2, -0.15) is 0 Å². The highest BCUT2D eigenvalue weighted by atomic mass is 16.5. The molecule has 9 heteroatoms. The lowest BCUT2D eigenvalue weighted by atomic mass is 9.89. The van der Waals surface area contributed by atoms with E-state index in [4.69, 9.17) is 4.74 Å². The molecule has 2 amide bonds. The smallest absolute Gasteiger partial charge is 0.289 e. The molecule has 2 aromatic heterocycles. The predicted octanol–water partition coefficient (Wildman–Crippen LogP) is 3.27. The van der Waals surface area contributed by atoms with E-state index in [1.165, 1.54) is 14.0 Å². The fourth-order valence-corrected chi connectivity index (χ4v) is 5.51. The summed E-state index contributed by atoms with van der Waals surface area (Å²) < 4.78 is 7.56. The predicted molar refractivity (Wildman–Crippen MR) is 141 cm³/mol. The van der Waals surface area contributed by atoms with Crippen molar-refractivity contribution < 1.29 is 19.1 Å². The van der Waals surface area contributed by atoms with Crippen LogP contribution in [0.4, 0.5) is 0 Å². The zero-order valence-electron chi connectivity index (χ0n) is 22.0. The average molecular weight is 507 g/mol. The van der Waals surface area contributed by atoms with E-state index in [2.05, 4.69) is 21.8 Å². The number of aromatic nitrogens is 2. The summed E-state index contributed by atoms with van der Waals surface area (Å²) in [5.74, 6) is -0.388. The molecule has 1 aromatic carbocycles. The van der Waals surface area contributed by atoms with E-state index < -0.39 is 11.7 Å². The van der Waals surface area contributed by atoms with Crippen molar-refractivity contribution in [2.75, 3.05) is 20.2 Å². The Bertz CT molecular complexity index is 1410. The van der Waals surface area contributed by atoms with E-state index in [1.54, 1.807) is 17.9 Å². The summed E-state index contributed by atoms with van der Waals surface area (Å²) in [6, 6.07) is 9.63. The molecule has 4 rings (SSSR count). The van der Waals surface area contributed by atoms with Crippen LogP contribution in [0.25, 0.3) is 10.9 Å². The number of piperidine rings is 1. The lowest BCUT2D eigenvalue weighted by molar-refractivity contribution is -0.144. The topological polar surface area (TPSA) is 114 Å². The molecule has 0 saturated carbocycles. The maximum atomic E-state index is 13.5. The molecule has 3 heterocycles. The summed E-state index contributed by atoms with van der Waals surface area (Å²) in [6.07, 6.45) is 1.56. The van der Waals surface area contributed by atoms with Gasteiger partial charge in [-0.05, 0) is 51.7 Å². The summed E-state index contributed by atoms with van der Waals surface area (Å²) in [7, 11) is 1.50. The zero-order valence-corrected chi connectivity index (χ0v) is 22.0. The quantitative estimate of drug-likeness (QED) is 0.478. The first-order valence-electron chi connectivity index (χ1n) is 12.6. The second-order valence-electron chi connectivity index (χ2n) is 9.79. The number of H-pyrrole nitrogens is 1. The summed E-state index contributed by atoms with van der Waals surface area (Å²) >= 11 is 0. The van der Waals surface area contributed by atoms with Crippen LogP contribution in [0.2, 0.25) is 0 Å². The lowest BCUT2D eigenvalue weighted by Gasteiger charge is -2.35. The fourth-order valence-electron chi connectivity index (χ4n) is 5.51. The van der Waals surface area contributed by atoms with Crippen molar-refractivity contribution in [3.8, 4) is 5.75 Å². The van der Waals surface area contributed by atoms with Crippen LogP contribution < -0.4 is 15.6 Å². The van der Waals surface area contributed by atoms with Crippen molar-refractivity contribution in [3.05, 3.63) is 63.2 Å². The molecule has 9 nitrogen and oxygen atoms in total. The van der Waals surface area contributed by atoms with Gasteiger partial charge in [0.25, 0.3) is 17.4 Å². The molecule has 1 unspecified atom stereocenters. The molecule has 0 bridgehead atoms. The first-order valence-corrected chi connectivity index (χ1v) is 12.6. The minimum absolute atomic E-state index is 0.0365. The number of amides is 2. The van der Waals surface area contributed by atoms with Crippen LogP contribution in [0.5, 0.6) is 5.75 Å². The van der Waals surface area contributed by atoms with Gasteiger partial charge in [-0.15, -0.1) is 0 Å². The molecule has 2 N–H and O–H groups in total. The average Bonchev–Trinajstić information content (AvgIpc) is 3.18. The van der Waals surface area contributed by atoms with E-state index in [-0.39, 0.29) is 30.0 Å². The number of para-hydroxylation sites is 1. The molecule has 1 saturated heterocycles. The first kappa shape index (κ1) is 26.2. The van der Waals surface area contributed by atoms with Crippen LogP contribution >= 0.6 is 0 Å². The number of carbonyl (C=O) groups is 3. The van der Waals surface area contributed by atoms with Gasteiger partial charge in [-0.25, -0.2) is 0 Å². The van der Waals surface area contributed by atoms with E-state index in [0.29, 0.717) is 35.7 Å². The van der Waals surface area contributed by atoms with Crippen molar-refractivity contribution in [2.45, 2.75) is 53.1 Å². The van der Waals surface area contributed by atoms with Gasteiger partial charge in [0.1, 0.15) is 5.75 Å². The second-order valence-corrected chi connectivity index (χ2v) is 9.79. The highest BCUT2D eigenvalue weighted by molar-refractivity contribution is 6.35. The standard InChI is InChI=1S/C28H34N4O5/c1-16-14-24(37-5)22(26(34)30-16)15-29-27(35)25-18(3)32(23-9-7-6-8-21(23)25)17(2)20-10-12-31(13-11-20)28(36)19(4)33/h6-9,14,17,20H,10-13,15H2,1-5H3,(H,29,35)(H,30,34). The van der Waals surface area contributed by atoms with Gasteiger partial charge in [-0.3, -0.25) is 19.2 Å². The van der Waals surface area contributed by atoms with E-state index in [0.717, 1.165) is 29.4 Å². The normalized spacial score (nSPS) is 15.0. The van der Waals surface area contributed by atoms with Crippen molar-refractivity contribution in [1.29, 1.82) is 0 Å². The number of aryl methyl sites for hydroxylation is 1. The number of likely N-dealkylation sites (tertiary alicyclic amines) is 1. The Morgan fingerprint density at radius 1 is 1.16 bits per heavy atom. The number of aromatic amines is 1. The zero-order chi connectivity index (χ0) is 26.9. The van der Waals surface area contributed by atoms with Gasteiger partial charge in [0.05, 0.1) is 24.8 Å². The minimum Gasteiger partial charge on any atom is -0.496 e. The van der Waals surface area contributed by atoms with Crippen LogP contribution in [0.1, 0.15) is 60.0 Å². The first-order chi connectivity index (χ1) is 17.6. The molecular weight excluding hydrogens is 472 g/mol. The van der Waals surface area contributed by atoms with Crippen molar-refractivity contribution in [3.63, 3.8) is 0 Å². The second kappa shape index (κ2) is 10.6. The molecule has 3 aromatic rings. The third-order valence-electron chi connectivity index (χ3n) is 7.48. The summed E-state index contributed by atoms with van der Waals surface area (Å²) in [6.45, 7) is 8.30. The van der Waals surface area contributed by atoms with Gasteiger partial charge in [-0.1, -0.05) is 18.2 Å². The van der Waals surface area contributed by atoms with Crippen LogP contribution in [0.15, 0.2) is 35.1 Å². The number of rotatable bonds is 7. The highest BCUT2D eigenvalue weighted by Gasteiger charge is 2.31. The van der Waals surface area contributed by atoms with E-state index in [9.17, 15) is 19.2 Å². The van der Waals surface area contributed by atoms with Crippen molar-refractivity contribution in [1.82, 2.24) is 19.8 Å². The van der Waals surface area contributed by atoms with Crippen LogP contribution in [-0.4, -0.2) is 52.2 Å². The Morgan fingerprint density at radius 3 is 2.49 bits per heavy atom. The van der Waals surface area contributed by atoms with Crippen LogP contribution in [-0.2, 0) is 16.1 Å². The van der Waals surface area contributed by atoms with Gasteiger partial charge in [0, 0.05) is 48.3 Å². The van der Waals surface area contributed by atoms with Gasteiger partial charge in [0.15, 0.2) is 0 Å². The molecule has 0 aliphatic carbocycles. The number of carbonyl (C=O) groups excluding carboxylic acids is 3. The molecule has 1 atom stereocenters. The number of ketones is 1. The lowest BCUT2D eigenvalue weighted by Crippen LogP contribution is -2.42. The van der Waals surface area contributed by atoms with Gasteiger partial charge in [0.2, 0.25) is 5.78 Å². The number of hydrogen-bond donors (Lipinski definition) is 2. The molecule has 1 aliphatic heterocycles. The maximum absolute atomic E-state index is 13.5. The SMILES string of the molecule is COc1cc(C)[nH]c(=O)c1CNC(=O)c1c(C)n(C(C)C2CCN(C(=O)C(C)=O)CC2)c2ccccc12. The molecule has 196 valence electrons. The Kier molecular flexibility index (Phi) is 7.52. The number of Topliss-reactive ketones (excluding diaryl/α,β-unsaturated/α-hetero) is 1. The van der Waals surface area contributed by atoms with E-state index >= 15 is 0 Å². The summed E-state index contributed by atoms with van der Waals surface area (Å²) in [5.41, 5.74) is 3.14. The van der Waals surface area contributed by atoms with Crippen LogP contribution in [0, 0.1) is 19.8 Å². The largest absolute Gasteiger partial charge is 0.496 e. The summed E-state index contributed by atoms with van der Waals surface area (Å²) in [5, 5.41) is 3.76. The van der Waals surface area contributed by atoms with E-state index in [1.807, 2.05) is 31.2 Å². The Labute approximate surface area is 215 Å². The Morgan fingerprint density at radius 2 is 1.84 bits per heavy atom. The number of ether oxygens (including phenoxy) is 1. The maximum Gasteiger partial charge on any atom is 0.289 e. The number of methoxy groups -OCH3 is 1. The van der Waals surface area contributed by atoms with Gasteiger partial charge < -0.3 is 24.5 Å². The summed E-state index contributed by atoms with van der Waals surface area (Å²) in [4.78, 5) is 53.9. The highest BCUT2D eigenvalue weighted by Crippen LogP contribution is 2.35. The van der Waals surface area contributed by atoms with Crippen LogP contribution in [0.3, 0.4) is 0 Å². The molecule has 1 fully saturated rings. The number of benzene rings is 1.